The molecule has 0 bridgehead atoms. The number of aryl methyl sites for hydroxylation is 1. The molecular weight excluding hydrogens is 258 g/mol. The van der Waals surface area contributed by atoms with Gasteiger partial charge in [-0.25, -0.2) is 0 Å². The first kappa shape index (κ1) is 14.8. The van der Waals surface area contributed by atoms with Crippen molar-refractivity contribution in [2.45, 2.75) is 69.7 Å². The number of benzene rings is 1. The van der Waals surface area contributed by atoms with Gasteiger partial charge in [-0.1, -0.05) is 44.0 Å². The van der Waals surface area contributed by atoms with Crippen LogP contribution in [0.1, 0.15) is 68.9 Å². The van der Waals surface area contributed by atoms with Crippen molar-refractivity contribution in [1.82, 2.24) is 0 Å². The minimum absolute atomic E-state index is 0.302. The molecule has 1 fully saturated rings. The van der Waals surface area contributed by atoms with Crippen molar-refractivity contribution in [2.24, 2.45) is 11.7 Å². The molecule has 3 rings (SSSR count). The summed E-state index contributed by atoms with van der Waals surface area (Å²) < 4.78 is 0. The second kappa shape index (κ2) is 5.92. The van der Waals surface area contributed by atoms with E-state index in [1.807, 2.05) is 0 Å². The van der Waals surface area contributed by atoms with Crippen LogP contribution in [0.2, 0.25) is 0 Å². The van der Waals surface area contributed by atoms with Crippen LogP contribution in [0.4, 0.5) is 0 Å². The Hall–Kier alpha value is -1.15. The summed E-state index contributed by atoms with van der Waals surface area (Å²) in [6.07, 6.45) is 8.21. The Labute approximate surface area is 128 Å². The van der Waals surface area contributed by atoms with Crippen LogP contribution >= 0.6 is 0 Å². The summed E-state index contributed by atoms with van der Waals surface area (Å²) in [5.41, 5.74) is 8.76. The van der Waals surface area contributed by atoms with Crippen molar-refractivity contribution >= 4 is 5.78 Å². The standard InChI is InChI=1S/C19H27NO/c1-14-6-5-11-19(20,13-14)18(21)12-16-9-4-8-15-7-2-3-10-17(15)16/h2-3,7,10,14,16H,4-6,8-9,11-13,20H2,1H3. The van der Waals surface area contributed by atoms with E-state index in [2.05, 4.69) is 31.2 Å². The van der Waals surface area contributed by atoms with E-state index in [1.54, 1.807) is 0 Å². The van der Waals surface area contributed by atoms with E-state index in [4.69, 9.17) is 5.73 Å². The van der Waals surface area contributed by atoms with Gasteiger partial charge in [0.15, 0.2) is 5.78 Å². The second-order valence-electron chi connectivity index (χ2n) is 7.27. The van der Waals surface area contributed by atoms with Gasteiger partial charge < -0.3 is 5.73 Å². The van der Waals surface area contributed by atoms with Gasteiger partial charge in [0.1, 0.15) is 0 Å². The number of carbonyl (C=O) groups excluding carboxylic acids is 1. The molecule has 1 aromatic carbocycles. The van der Waals surface area contributed by atoms with E-state index >= 15 is 0 Å². The summed E-state index contributed by atoms with van der Waals surface area (Å²) in [5.74, 6) is 1.28. The lowest BCUT2D eigenvalue weighted by atomic mass is 9.71. The van der Waals surface area contributed by atoms with Gasteiger partial charge in [-0.3, -0.25) is 4.79 Å². The van der Waals surface area contributed by atoms with Crippen LogP contribution < -0.4 is 5.73 Å². The number of ketones is 1. The molecule has 1 aromatic rings. The predicted octanol–water partition coefficient (Wildman–Crippen LogP) is 3.97. The number of hydrogen-bond donors (Lipinski definition) is 1. The molecule has 0 aromatic heterocycles. The zero-order valence-electron chi connectivity index (χ0n) is 13.1. The summed E-state index contributed by atoms with van der Waals surface area (Å²) in [5, 5.41) is 0. The maximum atomic E-state index is 12.8. The Morgan fingerprint density at radius 2 is 2.10 bits per heavy atom. The largest absolute Gasteiger partial charge is 0.319 e. The number of carbonyl (C=O) groups is 1. The third-order valence-corrected chi connectivity index (χ3v) is 5.51. The normalized spacial score (nSPS) is 32.5. The van der Waals surface area contributed by atoms with Gasteiger partial charge in [0.25, 0.3) is 0 Å². The molecule has 2 aliphatic rings. The van der Waals surface area contributed by atoms with Crippen LogP contribution in [0.3, 0.4) is 0 Å². The number of fused-ring (bicyclic) bond motifs is 1. The summed E-state index contributed by atoms with van der Waals surface area (Å²) in [7, 11) is 0. The quantitative estimate of drug-likeness (QED) is 0.913. The molecule has 2 aliphatic carbocycles. The van der Waals surface area contributed by atoms with Gasteiger partial charge in [-0.05, 0) is 55.1 Å². The van der Waals surface area contributed by atoms with E-state index in [9.17, 15) is 4.79 Å². The molecule has 0 amide bonds. The lowest BCUT2D eigenvalue weighted by Gasteiger charge is -2.37. The molecule has 0 heterocycles. The maximum absolute atomic E-state index is 12.8. The van der Waals surface area contributed by atoms with E-state index < -0.39 is 5.54 Å². The zero-order valence-corrected chi connectivity index (χ0v) is 13.1. The fourth-order valence-electron chi connectivity index (χ4n) is 4.34. The molecule has 0 aliphatic heterocycles. The van der Waals surface area contributed by atoms with Gasteiger partial charge in [0.2, 0.25) is 0 Å². The number of Topliss-reactive ketones (excluding diaryl/α,β-unsaturated/α-hetero) is 1. The summed E-state index contributed by atoms with van der Waals surface area (Å²) in [6.45, 7) is 2.23. The lowest BCUT2D eigenvalue weighted by Crippen LogP contribution is -2.51. The van der Waals surface area contributed by atoms with Gasteiger partial charge in [-0.2, -0.15) is 0 Å². The highest BCUT2D eigenvalue weighted by Gasteiger charge is 2.38. The van der Waals surface area contributed by atoms with Crippen LogP contribution in [0, 0.1) is 5.92 Å². The van der Waals surface area contributed by atoms with Crippen LogP contribution in [0.15, 0.2) is 24.3 Å². The number of rotatable bonds is 3. The van der Waals surface area contributed by atoms with Crippen molar-refractivity contribution in [3.8, 4) is 0 Å². The second-order valence-corrected chi connectivity index (χ2v) is 7.27. The average molecular weight is 285 g/mol. The highest BCUT2D eigenvalue weighted by atomic mass is 16.1. The van der Waals surface area contributed by atoms with E-state index in [0.29, 0.717) is 24.0 Å². The fourth-order valence-corrected chi connectivity index (χ4v) is 4.34. The molecule has 21 heavy (non-hydrogen) atoms. The molecule has 0 saturated heterocycles. The zero-order chi connectivity index (χ0) is 14.9. The number of hydrogen-bond acceptors (Lipinski definition) is 2. The molecule has 2 N–H and O–H groups in total. The van der Waals surface area contributed by atoms with Crippen LogP contribution in [-0.4, -0.2) is 11.3 Å². The summed E-state index contributed by atoms with van der Waals surface area (Å²) >= 11 is 0. The van der Waals surface area contributed by atoms with Crippen molar-refractivity contribution in [2.75, 3.05) is 0 Å². The van der Waals surface area contributed by atoms with E-state index in [1.165, 1.54) is 24.0 Å². The third kappa shape index (κ3) is 3.06. The third-order valence-electron chi connectivity index (χ3n) is 5.51. The first-order valence-corrected chi connectivity index (χ1v) is 8.48. The first-order chi connectivity index (χ1) is 10.1. The topological polar surface area (TPSA) is 43.1 Å². The summed E-state index contributed by atoms with van der Waals surface area (Å²) in [4.78, 5) is 12.8. The Bertz CT molecular complexity index is 524. The Kier molecular flexibility index (Phi) is 4.17. The van der Waals surface area contributed by atoms with Gasteiger partial charge in [0.05, 0.1) is 5.54 Å². The van der Waals surface area contributed by atoms with Gasteiger partial charge in [-0.15, -0.1) is 0 Å². The van der Waals surface area contributed by atoms with Crippen LogP contribution in [-0.2, 0) is 11.2 Å². The summed E-state index contributed by atoms with van der Waals surface area (Å²) in [6, 6.07) is 8.63. The molecule has 3 atom stereocenters. The van der Waals surface area contributed by atoms with Crippen molar-refractivity contribution < 1.29 is 4.79 Å². The maximum Gasteiger partial charge on any atom is 0.153 e. The first-order valence-electron chi connectivity index (χ1n) is 8.48. The monoisotopic (exact) mass is 285 g/mol. The average Bonchev–Trinajstić information content (AvgIpc) is 2.47. The Balaban J connectivity index is 1.74. The van der Waals surface area contributed by atoms with Crippen molar-refractivity contribution in [3.05, 3.63) is 35.4 Å². The number of nitrogens with two attached hydrogens (primary N) is 1. The van der Waals surface area contributed by atoms with E-state index in [-0.39, 0.29) is 0 Å². The van der Waals surface area contributed by atoms with Gasteiger partial charge >= 0.3 is 0 Å². The lowest BCUT2D eigenvalue weighted by molar-refractivity contribution is -0.126. The fraction of sp³-hybridized carbons (Fsp3) is 0.632. The van der Waals surface area contributed by atoms with Crippen LogP contribution in [0.5, 0.6) is 0 Å². The van der Waals surface area contributed by atoms with Gasteiger partial charge in [0, 0.05) is 6.42 Å². The highest BCUT2D eigenvalue weighted by Crippen LogP contribution is 2.38. The predicted molar refractivity (Wildman–Crippen MR) is 86.3 cm³/mol. The highest BCUT2D eigenvalue weighted by molar-refractivity contribution is 5.89. The molecule has 114 valence electrons. The smallest absolute Gasteiger partial charge is 0.153 e. The van der Waals surface area contributed by atoms with Crippen molar-refractivity contribution in [3.63, 3.8) is 0 Å². The molecule has 1 saturated carbocycles. The molecule has 0 radical (unpaired) electrons. The molecule has 3 unspecified atom stereocenters. The molecule has 2 heteroatoms. The van der Waals surface area contributed by atoms with Crippen LogP contribution in [0.25, 0.3) is 0 Å². The molecular formula is C19H27NO. The minimum Gasteiger partial charge on any atom is -0.319 e. The Morgan fingerprint density at radius 3 is 2.90 bits per heavy atom. The molecule has 0 spiro atoms. The Morgan fingerprint density at radius 1 is 1.29 bits per heavy atom. The molecule has 2 nitrogen and oxygen atoms in total. The van der Waals surface area contributed by atoms with Crippen molar-refractivity contribution in [1.29, 1.82) is 0 Å². The SMILES string of the molecule is CC1CCCC(N)(C(=O)CC2CCCc3ccccc32)C1. The van der Waals surface area contributed by atoms with E-state index in [0.717, 1.165) is 32.1 Å². The minimum atomic E-state index is -0.552.